The number of nitrogens with two attached hydrogens (primary N) is 1. The molecule has 0 saturated heterocycles. The van der Waals surface area contributed by atoms with Gasteiger partial charge < -0.3 is 11.1 Å². The molecule has 21 heavy (non-hydrogen) atoms. The molecule has 1 aliphatic carbocycles. The number of primary amides is 1. The molecule has 0 bridgehead atoms. The van der Waals surface area contributed by atoms with Crippen LogP contribution in [0, 0.1) is 11.6 Å². The number of aryl methyl sites for hydroxylation is 1. The van der Waals surface area contributed by atoms with Gasteiger partial charge in [-0.15, -0.1) is 0 Å². The summed E-state index contributed by atoms with van der Waals surface area (Å²) in [6.45, 7) is 0. The van der Waals surface area contributed by atoms with Crippen molar-refractivity contribution in [3.05, 3.63) is 65.2 Å². The molecule has 5 heteroatoms. The van der Waals surface area contributed by atoms with Crippen molar-refractivity contribution in [1.82, 2.24) is 0 Å². The number of nitrogens with one attached hydrogen (secondary N) is 1. The van der Waals surface area contributed by atoms with Crippen molar-refractivity contribution in [3.8, 4) is 0 Å². The third kappa shape index (κ3) is 2.24. The predicted octanol–water partition coefficient (Wildman–Crippen LogP) is 2.70. The molecule has 0 spiro atoms. The van der Waals surface area contributed by atoms with E-state index < -0.39 is 17.3 Å². The van der Waals surface area contributed by atoms with Gasteiger partial charge in [-0.2, -0.15) is 0 Å². The van der Waals surface area contributed by atoms with Crippen LogP contribution in [0.15, 0.2) is 42.5 Å². The second-order valence-electron chi connectivity index (χ2n) is 5.21. The van der Waals surface area contributed by atoms with Crippen molar-refractivity contribution < 1.29 is 13.6 Å². The Morgan fingerprint density at radius 2 is 1.90 bits per heavy atom. The summed E-state index contributed by atoms with van der Waals surface area (Å²) in [6, 6.07) is 10.1. The van der Waals surface area contributed by atoms with Crippen molar-refractivity contribution in [2.75, 3.05) is 5.32 Å². The van der Waals surface area contributed by atoms with Crippen molar-refractivity contribution in [2.24, 2.45) is 5.73 Å². The Morgan fingerprint density at radius 3 is 2.62 bits per heavy atom. The summed E-state index contributed by atoms with van der Waals surface area (Å²) < 4.78 is 26.6. The number of anilines is 1. The number of carbonyl (C=O) groups excluding carboxylic acids is 1. The van der Waals surface area contributed by atoms with Gasteiger partial charge in [0.25, 0.3) is 0 Å². The largest absolute Gasteiger partial charge is 0.368 e. The number of halogens is 2. The molecular weight excluding hydrogens is 274 g/mol. The Labute approximate surface area is 120 Å². The minimum absolute atomic E-state index is 0.347. The highest BCUT2D eigenvalue weighted by atomic mass is 19.1. The monoisotopic (exact) mass is 288 g/mol. The highest BCUT2D eigenvalue weighted by Crippen LogP contribution is 2.39. The zero-order valence-corrected chi connectivity index (χ0v) is 11.2. The summed E-state index contributed by atoms with van der Waals surface area (Å²) in [5.74, 6) is -1.31. The molecule has 1 atom stereocenters. The lowest BCUT2D eigenvalue weighted by Gasteiger charge is -2.29. The molecule has 108 valence electrons. The van der Waals surface area contributed by atoms with Gasteiger partial charge in [0.1, 0.15) is 17.2 Å². The molecule has 2 aromatic carbocycles. The average Bonchev–Trinajstić information content (AvgIpc) is 2.78. The van der Waals surface area contributed by atoms with E-state index in [4.69, 9.17) is 5.73 Å². The molecule has 1 amide bonds. The number of benzene rings is 2. The number of hydrogen-bond acceptors (Lipinski definition) is 2. The van der Waals surface area contributed by atoms with Crippen LogP contribution in [0.5, 0.6) is 0 Å². The van der Waals surface area contributed by atoms with Crippen molar-refractivity contribution in [3.63, 3.8) is 0 Å². The van der Waals surface area contributed by atoms with Crippen LogP contribution in [0.25, 0.3) is 0 Å². The molecule has 0 saturated carbocycles. The third-order valence-corrected chi connectivity index (χ3v) is 3.90. The third-order valence-electron chi connectivity index (χ3n) is 3.90. The summed E-state index contributed by atoms with van der Waals surface area (Å²) in [4.78, 5) is 12.0. The van der Waals surface area contributed by atoms with Gasteiger partial charge in [-0.3, -0.25) is 4.79 Å². The number of hydrogen-bond donors (Lipinski definition) is 2. The fraction of sp³-hybridized carbons (Fsp3) is 0.188. The Bertz CT molecular complexity index is 717. The first-order chi connectivity index (χ1) is 10.0. The number of rotatable bonds is 3. The van der Waals surface area contributed by atoms with Gasteiger partial charge in [-0.05, 0) is 54.3 Å². The Balaban J connectivity index is 2.06. The van der Waals surface area contributed by atoms with Crippen molar-refractivity contribution in [1.29, 1.82) is 0 Å². The van der Waals surface area contributed by atoms with E-state index in [2.05, 4.69) is 5.32 Å². The first-order valence-electron chi connectivity index (χ1n) is 6.64. The van der Waals surface area contributed by atoms with Crippen LogP contribution in [0.1, 0.15) is 17.5 Å². The van der Waals surface area contributed by atoms with Crippen LogP contribution in [-0.4, -0.2) is 5.91 Å². The van der Waals surface area contributed by atoms with E-state index in [0.29, 0.717) is 24.1 Å². The van der Waals surface area contributed by atoms with Crippen LogP contribution in [0.2, 0.25) is 0 Å². The Hall–Kier alpha value is -2.43. The summed E-state index contributed by atoms with van der Waals surface area (Å²) >= 11 is 0. The van der Waals surface area contributed by atoms with E-state index in [9.17, 15) is 13.6 Å². The highest BCUT2D eigenvalue weighted by molar-refractivity contribution is 5.90. The lowest BCUT2D eigenvalue weighted by molar-refractivity contribution is -0.122. The zero-order valence-electron chi connectivity index (χ0n) is 11.2. The van der Waals surface area contributed by atoms with Crippen LogP contribution in [0.4, 0.5) is 14.5 Å². The number of carbonyl (C=O) groups is 1. The number of fused-ring (bicyclic) bond motifs is 1. The smallest absolute Gasteiger partial charge is 0.247 e. The minimum atomic E-state index is -1.13. The Morgan fingerprint density at radius 1 is 1.14 bits per heavy atom. The fourth-order valence-corrected chi connectivity index (χ4v) is 2.90. The molecule has 0 heterocycles. The highest BCUT2D eigenvalue weighted by Gasteiger charge is 2.44. The molecule has 1 aliphatic rings. The van der Waals surface area contributed by atoms with Gasteiger partial charge in [0.05, 0.1) is 0 Å². The fourth-order valence-electron chi connectivity index (χ4n) is 2.90. The maximum atomic E-state index is 13.3. The summed E-state index contributed by atoms with van der Waals surface area (Å²) in [5.41, 5.74) is 6.32. The van der Waals surface area contributed by atoms with Gasteiger partial charge >= 0.3 is 0 Å². The number of amides is 1. The Kier molecular flexibility index (Phi) is 3.12. The topological polar surface area (TPSA) is 55.1 Å². The maximum Gasteiger partial charge on any atom is 0.247 e. The molecule has 3 rings (SSSR count). The molecule has 1 unspecified atom stereocenters. The van der Waals surface area contributed by atoms with Crippen LogP contribution in [0.3, 0.4) is 0 Å². The summed E-state index contributed by atoms with van der Waals surface area (Å²) in [7, 11) is 0. The van der Waals surface area contributed by atoms with E-state index in [1.165, 1.54) is 24.3 Å². The van der Waals surface area contributed by atoms with Gasteiger partial charge in [-0.25, -0.2) is 8.78 Å². The van der Waals surface area contributed by atoms with Crippen LogP contribution in [-0.2, 0) is 16.8 Å². The van der Waals surface area contributed by atoms with Crippen molar-refractivity contribution >= 4 is 11.6 Å². The quantitative estimate of drug-likeness (QED) is 0.912. The molecule has 0 fully saturated rings. The first-order valence-corrected chi connectivity index (χ1v) is 6.64. The van der Waals surface area contributed by atoms with E-state index >= 15 is 0 Å². The molecule has 3 nitrogen and oxygen atoms in total. The second-order valence-corrected chi connectivity index (χ2v) is 5.21. The minimum Gasteiger partial charge on any atom is -0.368 e. The maximum absolute atomic E-state index is 13.3. The summed E-state index contributed by atoms with van der Waals surface area (Å²) in [6.07, 6.45) is 0.954. The van der Waals surface area contributed by atoms with Crippen LogP contribution < -0.4 is 11.1 Å². The van der Waals surface area contributed by atoms with Gasteiger partial charge in [-0.1, -0.05) is 12.1 Å². The van der Waals surface area contributed by atoms with E-state index in [0.717, 1.165) is 5.56 Å². The zero-order chi connectivity index (χ0) is 15.0. The second kappa shape index (κ2) is 4.84. The average molecular weight is 288 g/mol. The molecule has 0 aromatic heterocycles. The SMILES string of the molecule is NC(=O)C1(Nc2cccc(F)c2)CCc2cc(F)ccc21. The molecule has 2 aromatic rings. The molecule has 0 aliphatic heterocycles. The summed E-state index contributed by atoms with van der Waals surface area (Å²) in [5, 5.41) is 3.03. The van der Waals surface area contributed by atoms with Gasteiger partial charge in [0.2, 0.25) is 5.91 Å². The van der Waals surface area contributed by atoms with Crippen LogP contribution >= 0.6 is 0 Å². The predicted molar refractivity (Wildman–Crippen MR) is 75.6 cm³/mol. The van der Waals surface area contributed by atoms with Crippen molar-refractivity contribution in [2.45, 2.75) is 18.4 Å². The molecule has 0 radical (unpaired) electrons. The van der Waals surface area contributed by atoms with E-state index in [1.54, 1.807) is 18.2 Å². The first kappa shape index (κ1) is 13.5. The molecular formula is C16H14F2N2O. The van der Waals surface area contributed by atoms with E-state index in [-0.39, 0.29) is 5.82 Å². The lowest BCUT2D eigenvalue weighted by atomic mass is 9.90. The van der Waals surface area contributed by atoms with Gasteiger partial charge in [0.15, 0.2) is 0 Å². The lowest BCUT2D eigenvalue weighted by Crippen LogP contribution is -2.46. The molecule has 3 N–H and O–H groups in total. The van der Waals surface area contributed by atoms with E-state index in [1.807, 2.05) is 0 Å². The normalized spacial score (nSPS) is 20.1. The standard InChI is InChI=1S/C16H14F2N2O/c17-11-2-1-3-13(9-11)20-16(15(19)21)7-6-10-8-12(18)4-5-14(10)16/h1-5,8-9,20H,6-7H2,(H2,19,21). The van der Waals surface area contributed by atoms with Gasteiger partial charge in [0, 0.05) is 5.69 Å².